The molecule has 1 saturated carbocycles. The van der Waals surface area contributed by atoms with Crippen LogP contribution in [0.1, 0.15) is 31.7 Å². The smallest absolute Gasteiger partial charge is 0.431 e. The Balaban J connectivity index is 1.83. The summed E-state index contributed by atoms with van der Waals surface area (Å²) < 4.78 is 68.7. The Kier molecular flexibility index (Phi) is 6.37. The molecule has 34 heavy (non-hydrogen) atoms. The number of carbonyl (C=O) groups is 2. The molecule has 7 nitrogen and oxygen atoms in total. The van der Waals surface area contributed by atoms with E-state index in [2.05, 4.69) is 5.10 Å². The number of ether oxygens (including phenoxy) is 2. The van der Waals surface area contributed by atoms with Crippen LogP contribution in [-0.2, 0) is 14.3 Å². The summed E-state index contributed by atoms with van der Waals surface area (Å²) in [6.07, 6.45) is 3.51. The number of hydrogen-bond acceptors (Lipinski definition) is 6. The standard InChI is InChI=1S/C23H23F4N3O4/c1-33-21-17(30-16(22(32)34-2)4-3-5-18(30)23(25,26)27)10-14-11-29(28-20(14)19(21)24)15-8-6-13(12-31)7-9-15/h3-5,10-13,15-16H,6-9H2,1-2H3. The van der Waals surface area contributed by atoms with E-state index >= 15 is 4.39 Å². The fraction of sp³-hybridized carbons (Fsp3) is 0.435. The van der Waals surface area contributed by atoms with Crippen molar-refractivity contribution in [3.8, 4) is 5.75 Å². The van der Waals surface area contributed by atoms with E-state index in [1.807, 2.05) is 0 Å². The summed E-state index contributed by atoms with van der Waals surface area (Å²) in [5, 5.41) is 4.59. The zero-order chi connectivity index (χ0) is 24.6. The number of halogens is 4. The first kappa shape index (κ1) is 23.8. The van der Waals surface area contributed by atoms with Gasteiger partial charge < -0.3 is 19.2 Å². The zero-order valence-electron chi connectivity index (χ0n) is 18.5. The highest BCUT2D eigenvalue weighted by molar-refractivity contribution is 5.91. The summed E-state index contributed by atoms with van der Waals surface area (Å²) in [6.45, 7) is 0. The topological polar surface area (TPSA) is 73.7 Å². The number of aldehydes is 1. The van der Waals surface area contributed by atoms with E-state index in [1.165, 1.54) is 12.1 Å². The van der Waals surface area contributed by atoms with Crippen molar-refractivity contribution in [2.45, 2.75) is 43.9 Å². The molecule has 1 fully saturated rings. The molecule has 11 heteroatoms. The zero-order valence-corrected chi connectivity index (χ0v) is 18.5. The Morgan fingerprint density at radius 3 is 2.50 bits per heavy atom. The third-order valence-corrected chi connectivity index (χ3v) is 6.28. The number of hydrogen-bond donors (Lipinski definition) is 0. The van der Waals surface area contributed by atoms with Gasteiger partial charge >= 0.3 is 12.1 Å². The van der Waals surface area contributed by atoms with E-state index in [-0.39, 0.29) is 28.6 Å². The van der Waals surface area contributed by atoms with Crippen LogP contribution < -0.4 is 9.64 Å². The molecule has 4 rings (SSSR count). The Bertz CT molecular complexity index is 1160. The Hall–Kier alpha value is -3.37. The molecule has 2 heterocycles. The number of fused-ring (bicyclic) bond motifs is 1. The van der Waals surface area contributed by atoms with Crippen LogP contribution in [0.5, 0.6) is 5.75 Å². The molecule has 0 amide bonds. The first-order valence-electron chi connectivity index (χ1n) is 10.7. The van der Waals surface area contributed by atoms with E-state index in [4.69, 9.17) is 9.47 Å². The lowest BCUT2D eigenvalue weighted by Crippen LogP contribution is -2.45. The van der Waals surface area contributed by atoms with Gasteiger partial charge in [-0.25, -0.2) is 9.18 Å². The molecule has 0 spiro atoms. The van der Waals surface area contributed by atoms with Crippen LogP contribution in [0.15, 0.2) is 36.2 Å². The first-order valence-corrected chi connectivity index (χ1v) is 10.7. The number of allylic oxidation sites excluding steroid dienone is 3. The monoisotopic (exact) mass is 481 g/mol. The number of carbonyl (C=O) groups excluding carboxylic acids is 2. The molecule has 182 valence electrons. The van der Waals surface area contributed by atoms with Gasteiger partial charge in [-0.2, -0.15) is 18.3 Å². The van der Waals surface area contributed by atoms with Crippen molar-refractivity contribution in [1.82, 2.24) is 9.78 Å². The van der Waals surface area contributed by atoms with E-state index in [0.717, 1.165) is 32.7 Å². The normalized spacial score (nSPS) is 23.1. The second-order valence-corrected chi connectivity index (χ2v) is 8.27. The van der Waals surface area contributed by atoms with Gasteiger partial charge in [0.2, 0.25) is 0 Å². The number of anilines is 1. The summed E-state index contributed by atoms with van der Waals surface area (Å²) in [4.78, 5) is 24.0. The second-order valence-electron chi connectivity index (χ2n) is 8.27. The number of rotatable bonds is 5. The van der Waals surface area contributed by atoms with E-state index in [9.17, 15) is 22.8 Å². The molecule has 1 aliphatic carbocycles. The molecule has 1 unspecified atom stereocenters. The molecule has 1 aliphatic heterocycles. The first-order chi connectivity index (χ1) is 16.2. The van der Waals surface area contributed by atoms with Crippen LogP contribution in [0, 0.1) is 11.7 Å². The molecule has 2 aromatic rings. The molecule has 0 saturated heterocycles. The average molecular weight is 481 g/mol. The minimum Gasteiger partial charge on any atom is -0.491 e. The summed E-state index contributed by atoms with van der Waals surface area (Å²) in [5.74, 6) is -2.37. The van der Waals surface area contributed by atoms with E-state index in [0.29, 0.717) is 30.6 Å². The molecule has 0 bridgehead atoms. The van der Waals surface area contributed by atoms with Crippen molar-refractivity contribution in [1.29, 1.82) is 0 Å². The second kappa shape index (κ2) is 9.11. The maximum Gasteiger partial charge on any atom is 0.431 e. The van der Waals surface area contributed by atoms with Gasteiger partial charge in [0.15, 0.2) is 17.6 Å². The largest absolute Gasteiger partial charge is 0.491 e. The van der Waals surface area contributed by atoms with Gasteiger partial charge in [0.25, 0.3) is 0 Å². The summed E-state index contributed by atoms with van der Waals surface area (Å²) in [6, 6.07) is -0.221. The summed E-state index contributed by atoms with van der Waals surface area (Å²) in [7, 11) is 2.19. The van der Waals surface area contributed by atoms with Crippen LogP contribution in [-0.4, -0.2) is 48.5 Å². The molecular formula is C23H23F4N3O4. The van der Waals surface area contributed by atoms with Crippen LogP contribution >= 0.6 is 0 Å². The molecule has 1 aromatic heterocycles. The van der Waals surface area contributed by atoms with Gasteiger partial charge in [-0.1, -0.05) is 12.2 Å². The summed E-state index contributed by atoms with van der Waals surface area (Å²) >= 11 is 0. The van der Waals surface area contributed by atoms with Crippen molar-refractivity contribution in [2.75, 3.05) is 19.1 Å². The van der Waals surface area contributed by atoms with Crippen molar-refractivity contribution in [3.05, 3.63) is 42.0 Å². The lowest BCUT2D eigenvalue weighted by atomic mass is 9.87. The number of benzene rings is 1. The fourth-order valence-corrected chi connectivity index (χ4v) is 4.56. The molecule has 0 radical (unpaired) electrons. The summed E-state index contributed by atoms with van der Waals surface area (Å²) in [5.41, 5.74) is -1.50. The quantitative estimate of drug-likeness (QED) is 0.356. The van der Waals surface area contributed by atoms with Crippen molar-refractivity contribution in [3.63, 3.8) is 0 Å². The Morgan fingerprint density at radius 2 is 1.91 bits per heavy atom. The third kappa shape index (κ3) is 4.14. The fourth-order valence-electron chi connectivity index (χ4n) is 4.56. The number of alkyl halides is 3. The highest BCUT2D eigenvalue weighted by Crippen LogP contribution is 2.44. The highest BCUT2D eigenvalue weighted by atomic mass is 19.4. The lowest BCUT2D eigenvalue weighted by molar-refractivity contribution is -0.141. The van der Waals surface area contributed by atoms with Crippen molar-refractivity contribution < 1.29 is 36.6 Å². The molecule has 1 atom stereocenters. The number of aromatic nitrogens is 2. The molecule has 0 N–H and O–H groups in total. The minimum absolute atomic E-state index is 0.0142. The Labute approximate surface area is 192 Å². The van der Waals surface area contributed by atoms with Gasteiger partial charge in [0.1, 0.15) is 17.5 Å². The van der Waals surface area contributed by atoms with Crippen LogP contribution in [0.25, 0.3) is 10.9 Å². The van der Waals surface area contributed by atoms with Gasteiger partial charge in [-0.05, 0) is 37.8 Å². The maximum absolute atomic E-state index is 15.5. The predicted octanol–water partition coefficient (Wildman–Crippen LogP) is 4.48. The third-order valence-electron chi connectivity index (χ3n) is 6.28. The molecular weight excluding hydrogens is 458 g/mol. The Morgan fingerprint density at radius 1 is 1.21 bits per heavy atom. The predicted molar refractivity (Wildman–Crippen MR) is 115 cm³/mol. The van der Waals surface area contributed by atoms with E-state index < -0.39 is 35.5 Å². The number of esters is 1. The molecule has 1 aromatic carbocycles. The van der Waals surface area contributed by atoms with Crippen LogP contribution in [0.3, 0.4) is 0 Å². The van der Waals surface area contributed by atoms with Crippen LogP contribution in [0.2, 0.25) is 0 Å². The number of nitrogens with zero attached hydrogens (tertiary/aromatic N) is 3. The van der Waals surface area contributed by atoms with Crippen LogP contribution in [0.4, 0.5) is 23.2 Å². The average Bonchev–Trinajstić information content (AvgIpc) is 3.27. The maximum atomic E-state index is 15.5. The number of methoxy groups -OCH3 is 2. The van der Waals surface area contributed by atoms with Crippen molar-refractivity contribution in [2.24, 2.45) is 5.92 Å². The SMILES string of the molecule is COC(=O)C1C=CC=C(C(F)(F)F)N1c1cc2cn(C3CCC(C=O)CC3)nc2c(F)c1OC. The lowest BCUT2D eigenvalue weighted by Gasteiger charge is -2.35. The van der Waals surface area contributed by atoms with E-state index in [1.54, 1.807) is 10.9 Å². The van der Waals surface area contributed by atoms with Gasteiger partial charge in [0.05, 0.1) is 25.9 Å². The van der Waals surface area contributed by atoms with Gasteiger partial charge in [0, 0.05) is 17.5 Å². The minimum atomic E-state index is -4.84. The van der Waals surface area contributed by atoms with Gasteiger partial charge in [-0.15, -0.1) is 0 Å². The molecule has 2 aliphatic rings. The van der Waals surface area contributed by atoms with Gasteiger partial charge in [-0.3, -0.25) is 4.68 Å². The van der Waals surface area contributed by atoms with Crippen molar-refractivity contribution >= 4 is 28.8 Å². The highest BCUT2D eigenvalue weighted by Gasteiger charge is 2.45.